The lowest BCUT2D eigenvalue weighted by Crippen LogP contribution is -2.29. The van der Waals surface area contributed by atoms with E-state index in [9.17, 15) is 0 Å². The summed E-state index contributed by atoms with van der Waals surface area (Å²) in [5, 5.41) is 4.29. The highest BCUT2D eigenvalue weighted by atomic mass is 32.1. The maximum atomic E-state index is 5.87. The third-order valence-corrected chi connectivity index (χ3v) is 6.70. The van der Waals surface area contributed by atoms with E-state index in [1.807, 2.05) is 24.4 Å². The molecule has 5 rings (SSSR count). The highest BCUT2D eigenvalue weighted by Gasteiger charge is 2.42. The Morgan fingerprint density at radius 2 is 1.52 bits per heavy atom. The van der Waals surface area contributed by atoms with Gasteiger partial charge in [0.1, 0.15) is 0 Å². The van der Waals surface area contributed by atoms with Crippen LogP contribution < -0.4 is 10.2 Å². The number of nitrogens with one attached hydrogen (secondary N) is 1. The predicted octanol–water partition coefficient (Wildman–Crippen LogP) is 6.28. The fourth-order valence-electron chi connectivity index (χ4n) is 5.10. The lowest BCUT2D eigenvalue weighted by atomic mass is 9.96. The summed E-state index contributed by atoms with van der Waals surface area (Å²) in [6.07, 6.45) is 1.85. The van der Waals surface area contributed by atoms with Gasteiger partial charge in [-0.3, -0.25) is 4.98 Å². The minimum atomic E-state index is -0.0490. The van der Waals surface area contributed by atoms with E-state index < -0.39 is 0 Å². The summed E-state index contributed by atoms with van der Waals surface area (Å²) in [6.45, 7) is 8.69. The molecule has 1 aliphatic rings. The third kappa shape index (κ3) is 3.83. The molecule has 0 aliphatic carbocycles. The molecule has 4 aromatic rings. The van der Waals surface area contributed by atoms with Crippen LogP contribution in [0.5, 0.6) is 0 Å². The van der Waals surface area contributed by atoms with E-state index in [1.54, 1.807) is 0 Å². The van der Waals surface area contributed by atoms with Crippen molar-refractivity contribution in [1.82, 2.24) is 14.9 Å². The van der Waals surface area contributed by atoms with Crippen molar-refractivity contribution in [1.29, 1.82) is 0 Å². The van der Waals surface area contributed by atoms with Gasteiger partial charge in [-0.25, -0.2) is 0 Å². The van der Waals surface area contributed by atoms with Crippen LogP contribution >= 0.6 is 12.2 Å². The Bertz CT molecular complexity index is 1290. The number of pyridine rings is 1. The quantitative estimate of drug-likeness (QED) is 0.369. The number of anilines is 1. The number of rotatable bonds is 4. The second-order valence-electron chi connectivity index (χ2n) is 8.84. The molecule has 1 fully saturated rings. The normalized spacial score (nSPS) is 17.9. The first kappa shape index (κ1) is 21.4. The average molecular weight is 453 g/mol. The number of aromatic nitrogens is 2. The molecule has 2 atom stereocenters. The van der Waals surface area contributed by atoms with Crippen molar-refractivity contribution in [2.45, 2.75) is 39.8 Å². The second kappa shape index (κ2) is 8.49. The summed E-state index contributed by atoms with van der Waals surface area (Å²) in [6, 6.07) is 25.4. The second-order valence-corrected chi connectivity index (χ2v) is 9.23. The van der Waals surface area contributed by atoms with E-state index in [0.717, 1.165) is 16.5 Å². The zero-order valence-electron chi connectivity index (χ0n) is 19.4. The molecule has 33 heavy (non-hydrogen) atoms. The molecular formula is C28H28N4S. The van der Waals surface area contributed by atoms with Gasteiger partial charge in [-0.2, -0.15) is 0 Å². The van der Waals surface area contributed by atoms with Crippen molar-refractivity contribution in [2.75, 3.05) is 4.90 Å². The fourth-order valence-corrected chi connectivity index (χ4v) is 5.45. The van der Waals surface area contributed by atoms with Crippen LogP contribution in [-0.2, 0) is 0 Å². The minimum Gasteiger partial charge on any atom is -0.351 e. The third-order valence-electron chi connectivity index (χ3n) is 6.39. The van der Waals surface area contributed by atoms with Crippen molar-refractivity contribution in [3.05, 3.63) is 113 Å². The molecule has 0 spiro atoms. The van der Waals surface area contributed by atoms with Crippen LogP contribution in [-0.4, -0.2) is 14.7 Å². The van der Waals surface area contributed by atoms with Gasteiger partial charge in [-0.15, -0.1) is 0 Å². The van der Waals surface area contributed by atoms with Crippen molar-refractivity contribution < 1.29 is 0 Å². The van der Waals surface area contributed by atoms with Crippen LogP contribution in [0.2, 0.25) is 0 Å². The Hall–Kier alpha value is -3.44. The number of benzene rings is 2. The molecular weight excluding hydrogens is 424 g/mol. The maximum Gasteiger partial charge on any atom is 0.174 e. The van der Waals surface area contributed by atoms with Gasteiger partial charge in [-0.1, -0.05) is 30.3 Å². The van der Waals surface area contributed by atoms with Gasteiger partial charge in [0.05, 0.1) is 17.8 Å². The van der Waals surface area contributed by atoms with E-state index in [0.29, 0.717) is 0 Å². The predicted molar refractivity (Wildman–Crippen MR) is 139 cm³/mol. The molecule has 5 heteroatoms. The van der Waals surface area contributed by atoms with Crippen molar-refractivity contribution >= 4 is 23.0 Å². The Kier molecular flexibility index (Phi) is 5.51. The summed E-state index contributed by atoms with van der Waals surface area (Å²) < 4.78 is 2.36. The van der Waals surface area contributed by atoms with Crippen LogP contribution in [0, 0.1) is 27.7 Å². The van der Waals surface area contributed by atoms with Gasteiger partial charge in [0.2, 0.25) is 0 Å². The Labute approximate surface area is 200 Å². The first-order valence-corrected chi connectivity index (χ1v) is 11.7. The average Bonchev–Trinajstić information content (AvgIpc) is 3.29. The topological polar surface area (TPSA) is 33.1 Å². The zero-order valence-corrected chi connectivity index (χ0v) is 20.2. The van der Waals surface area contributed by atoms with E-state index >= 15 is 0 Å². The summed E-state index contributed by atoms with van der Waals surface area (Å²) in [5.41, 5.74) is 9.46. The molecule has 3 heterocycles. The standard InChI is InChI=1S/C28H28N4S/c1-18-14-19(2)16-23(15-18)31-20(3)17-24(21(31)4)27-26(25-12-8-9-13-29-25)30-28(33)32(27)22-10-6-5-7-11-22/h5-17,26-27H,1-4H3,(H,30,33)/t26-,27+/m0/s1. The monoisotopic (exact) mass is 452 g/mol. The van der Waals surface area contributed by atoms with E-state index in [1.165, 1.54) is 33.8 Å². The number of nitrogens with zero attached hydrogens (tertiary/aromatic N) is 3. The van der Waals surface area contributed by atoms with Gasteiger partial charge in [0.15, 0.2) is 5.11 Å². The molecule has 166 valence electrons. The van der Waals surface area contributed by atoms with E-state index in [4.69, 9.17) is 12.2 Å². The van der Waals surface area contributed by atoms with Gasteiger partial charge < -0.3 is 14.8 Å². The molecule has 1 N–H and O–H groups in total. The molecule has 0 amide bonds. The first-order chi connectivity index (χ1) is 15.9. The van der Waals surface area contributed by atoms with Gasteiger partial charge in [0.25, 0.3) is 0 Å². The Morgan fingerprint density at radius 1 is 0.818 bits per heavy atom. The molecule has 2 aromatic carbocycles. The summed E-state index contributed by atoms with van der Waals surface area (Å²) in [4.78, 5) is 6.92. The van der Waals surface area contributed by atoms with E-state index in [2.05, 4.69) is 102 Å². The van der Waals surface area contributed by atoms with Crippen LogP contribution in [0.1, 0.15) is 45.9 Å². The fraction of sp³-hybridized carbons (Fsp3) is 0.214. The number of thiocarbonyl (C=S) groups is 1. The molecule has 1 saturated heterocycles. The van der Waals surface area contributed by atoms with Gasteiger partial charge in [0, 0.05) is 29.0 Å². The highest BCUT2D eigenvalue weighted by Crippen LogP contribution is 2.43. The lowest BCUT2D eigenvalue weighted by molar-refractivity contribution is 0.565. The van der Waals surface area contributed by atoms with Crippen molar-refractivity contribution in [2.24, 2.45) is 0 Å². The molecule has 4 nitrogen and oxygen atoms in total. The van der Waals surface area contributed by atoms with Crippen LogP contribution in [0.3, 0.4) is 0 Å². The maximum absolute atomic E-state index is 5.87. The van der Waals surface area contributed by atoms with Crippen LogP contribution in [0.15, 0.2) is 79.0 Å². The molecule has 0 saturated carbocycles. The van der Waals surface area contributed by atoms with Crippen LogP contribution in [0.4, 0.5) is 5.69 Å². The van der Waals surface area contributed by atoms with Crippen molar-refractivity contribution in [3.8, 4) is 5.69 Å². The summed E-state index contributed by atoms with van der Waals surface area (Å²) in [7, 11) is 0. The SMILES string of the molecule is Cc1cc(C)cc(-n2c(C)cc([C@@H]3[C@H](c4ccccn4)NC(=S)N3c3ccccc3)c2C)c1. The molecule has 0 bridgehead atoms. The number of hydrogen-bond donors (Lipinski definition) is 1. The largest absolute Gasteiger partial charge is 0.351 e. The minimum absolute atomic E-state index is 0.0133. The Morgan fingerprint density at radius 3 is 2.18 bits per heavy atom. The van der Waals surface area contributed by atoms with E-state index in [-0.39, 0.29) is 12.1 Å². The van der Waals surface area contributed by atoms with Gasteiger partial charge in [-0.05, 0) is 99.1 Å². The number of hydrogen-bond acceptors (Lipinski definition) is 2. The Balaban J connectivity index is 1.69. The van der Waals surface area contributed by atoms with Crippen molar-refractivity contribution in [3.63, 3.8) is 0 Å². The summed E-state index contributed by atoms with van der Waals surface area (Å²) >= 11 is 5.87. The van der Waals surface area contributed by atoms with Gasteiger partial charge >= 0.3 is 0 Å². The lowest BCUT2D eigenvalue weighted by Gasteiger charge is -2.28. The smallest absolute Gasteiger partial charge is 0.174 e. The molecule has 2 aromatic heterocycles. The zero-order chi connectivity index (χ0) is 23.1. The molecule has 0 unspecified atom stereocenters. The first-order valence-electron chi connectivity index (χ1n) is 11.3. The molecule has 1 aliphatic heterocycles. The summed E-state index contributed by atoms with van der Waals surface area (Å²) in [5.74, 6) is 0. The number of aryl methyl sites for hydroxylation is 3. The highest BCUT2D eigenvalue weighted by molar-refractivity contribution is 7.80. The molecule has 0 radical (unpaired) electrons. The van der Waals surface area contributed by atoms with Crippen LogP contribution in [0.25, 0.3) is 5.69 Å². The number of para-hydroxylation sites is 1.